The van der Waals surface area contributed by atoms with Crippen molar-refractivity contribution in [3.8, 4) is 0 Å². The number of ketones is 1. The van der Waals surface area contributed by atoms with Crippen LogP contribution in [0.25, 0.3) is 0 Å². The minimum Gasteiger partial charge on any atom is -0.326 e. The van der Waals surface area contributed by atoms with E-state index in [2.05, 4.69) is 24.0 Å². The van der Waals surface area contributed by atoms with Crippen LogP contribution in [-0.2, 0) is 13.0 Å². The maximum absolute atomic E-state index is 13.2. The normalized spacial score (nSPS) is 13.8. The molecule has 23 heavy (non-hydrogen) atoms. The zero-order chi connectivity index (χ0) is 16.9. The summed E-state index contributed by atoms with van der Waals surface area (Å²) in [6, 6.07) is 17.8. The first-order chi connectivity index (χ1) is 11.0. The molecule has 2 aromatic carbocycles. The number of nitrogens with zero attached hydrogens (tertiary/aromatic N) is 1. The zero-order valence-electron chi connectivity index (χ0n) is 14.3. The number of benzene rings is 2. The number of carbonyl (C=O) groups excluding carboxylic acids is 1. The molecule has 1 atom stereocenters. The molecule has 0 saturated heterocycles. The van der Waals surface area contributed by atoms with Crippen LogP contribution in [0.1, 0.15) is 34.8 Å². The predicted molar refractivity (Wildman–Crippen MR) is 95.5 cm³/mol. The first-order valence-corrected chi connectivity index (χ1v) is 8.08. The Morgan fingerprint density at radius 1 is 1.00 bits per heavy atom. The number of carbonyl (C=O) groups is 1. The predicted octanol–water partition coefficient (Wildman–Crippen LogP) is 3.28. The summed E-state index contributed by atoms with van der Waals surface area (Å²) in [5.74, 6) is 0.175. The van der Waals surface area contributed by atoms with Gasteiger partial charge in [-0.3, -0.25) is 9.69 Å². The second kappa shape index (κ2) is 7.53. The second-order valence-electron chi connectivity index (χ2n) is 6.17. The van der Waals surface area contributed by atoms with Gasteiger partial charge in [0.15, 0.2) is 5.78 Å². The maximum atomic E-state index is 13.2. The van der Waals surface area contributed by atoms with Crippen molar-refractivity contribution >= 4 is 5.78 Å². The zero-order valence-corrected chi connectivity index (χ0v) is 14.3. The van der Waals surface area contributed by atoms with Crippen LogP contribution in [-0.4, -0.2) is 30.3 Å². The SMILES string of the molecule is CCC(Cc1ccc(CN)cc1)(C(=O)c1ccccc1)N(C)C. The highest BCUT2D eigenvalue weighted by Gasteiger charge is 2.39. The number of hydrogen-bond donors (Lipinski definition) is 1. The molecule has 0 aromatic heterocycles. The van der Waals surface area contributed by atoms with Gasteiger partial charge in [0.1, 0.15) is 0 Å². The largest absolute Gasteiger partial charge is 0.326 e. The Labute approximate surface area is 139 Å². The summed E-state index contributed by atoms with van der Waals surface area (Å²) in [6.45, 7) is 2.62. The van der Waals surface area contributed by atoms with Gasteiger partial charge in [-0.15, -0.1) is 0 Å². The molecule has 0 radical (unpaired) electrons. The highest BCUT2D eigenvalue weighted by molar-refractivity contribution is 6.03. The van der Waals surface area contributed by atoms with Gasteiger partial charge in [-0.1, -0.05) is 61.5 Å². The highest BCUT2D eigenvalue weighted by atomic mass is 16.1. The molecule has 0 aliphatic rings. The van der Waals surface area contributed by atoms with Crippen LogP contribution in [0.5, 0.6) is 0 Å². The van der Waals surface area contributed by atoms with Gasteiger partial charge in [0, 0.05) is 12.1 Å². The number of Topliss-reactive ketones (excluding diaryl/α,β-unsaturated/α-hetero) is 1. The van der Waals surface area contributed by atoms with Crippen LogP contribution in [0.4, 0.5) is 0 Å². The molecule has 2 aromatic rings. The molecule has 3 heteroatoms. The van der Waals surface area contributed by atoms with Crippen molar-refractivity contribution in [3.63, 3.8) is 0 Å². The third-order valence-corrected chi connectivity index (χ3v) is 4.65. The number of rotatable bonds is 7. The Balaban J connectivity index is 2.36. The highest BCUT2D eigenvalue weighted by Crippen LogP contribution is 2.27. The molecule has 2 N–H and O–H groups in total. The van der Waals surface area contributed by atoms with Crippen LogP contribution >= 0.6 is 0 Å². The molecule has 3 nitrogen and oxygen atoms in total. The minimum atomic E-state index is -0.536. The molecular formula is C20H26N2O. The Hall–Kier alpha value is -1.97. The first kappa shape index (κ1) is 17.4. The molecule has 2 rings (SSSR count). The van der Waals surface area contributed by atoms with E-state index in [0.717, 1.165) is 23.1 Å². The van der Waals surface area contributed by atoms with Gasteiger partial charge in [-0.25, -0.2) is 0 Å². The summed E-state index contributed by atoms with van der Waals surface area (Å²) >= 11 is 0. The Morgan fingerprint density at radius 3 is 2.04 bits per heavy atom. The maximum Gasteiger partial charge on any atom is 0.183 e. The van der Waals surface area contributed by atoms with Crippen molar-refractivity contribution in [2.45, 2.75) is 31.8 Å². The lowest BCUT2D eigenvalue weighted by molar-refractivity contribution is 0.0666. The lowest BCUT2D eigenvalue weighted by Gasteiger charge is -2.38. The van der Waals surface area contributed by atoms with Gasteiger partial charge in [0.25, 0.3) is 0 Å². The summed E-state index contributed by atoms with van der Waals surface area (Å²) in [7, 11) is 3.97. The molecule has 122 valence electrons. The average molecular weight is 310 g/mol. The van der Waals surface area contributed by atoms with E-state index in [1.54, 1.807) is 0 Å². The van der Waals surface area contributed by atoms with E-state index in [0.29, 0.717) is 13.0 Å². The lowest BCUT2D eigenvalue weighted by atomic mass is 9.80. The van der Waals surface area contributed by atoms with E-state index >= 15 is 0 Å². The van der Waals surface area contributed by atoms with Gasteiger partial charge in [0.2, 0.25) is 0 Å². The monoisotopic (exact) mass is 310 g/mol. The third kappa shape index (κ3) is 3.69. The first-order valence-electron chi connectivity index (χ1n) is 8.08. The molecule has 0 aliphatic heterocycles. The van der Waals surface area contributed by atoms with E-state index in [1.165, 1.54) is 0 Å². The van der Waals surface area contributed by atoms with Gasteiger partial charge < -0.3 is 5.73 Å². The third-order valence-electron chi connectivity index (χ3n) is 4.65. The average Bonchev–Trinajstić information content (AvgIpc) is 2.60. The summed E-state index contributed by atoms with van der Waals surface area (Å²) < 4.78 is 0. The van der Waals surface area contributed by atoms with Crippen LogP contribution in [0, 0.1) is 0 Å². The van der Waals surface area contributed by atoms with Crippen molar-refractivity contribution in [3.05, 3.63) is 71.3 Å². The van der Waals surface area contributed by atoms with E-state index < -0.39 is 5.54 Å². The molecule has 0 heterocycles. The van der Waals surface area contributed by atoms with Crippen molar-refractivity contribution < 1.29 is 4.79 Å². The van der Waals surface area contributed by atoms with Crippen molar-refractivity contribution in [1.82, 2.24) is 4.90 Å². The van der Waals surface area contributed by atoms with Crippen LogP contribution in [0.3, 0.4) is 0 Å². The topological polar surface area (TPSA) is 46.3 Å². The Bertz CT molecular complexity index is 634. The Morgan fingerprint density at radius 2 is 1.57 bits per heavy atom. The summed E-state index contributed by atoms with van der Waals surface area (Å²) in [5, 5.41) is 0. The standard InChI is InChI=1S/C20H26N2O/c1-4-20(22(2)3,19(23)18-8-6-5-7-9-18)14-16-10-12-17(15-21)13-11-16/h5-13H,4,14-15,21H2,1-3H3. The molecule has 0 aliphatic carbocycles. The molecular weight excluding hydrogens is 284 g/mol. The van der Waals surface area contributed by atoms with E-state index in [-0.39, 0.29) is 5.78 Å². The fourth-order valence-electron chi connectivity index (χ4n) is 3.03. The molecule has 0 saturated carbocycles. The minimum absolute atomic E-state index is 0.175. The summed E-state index contributed by atoms with van der Waals surface area (Å²) in [4.78, 5) is 15.3. The number of hydrogen-bond acceptors (Lipinski definition) is 3. The van der Waals surface area contributed by atoms with Crippen molar-refractivity contribution in [1.29, 1.82) is 0 Å². The molecule has 0 bridgehead atoms. The molecule has 0 fully saturated rings. The van der Waals surface area contributed by atoms with Crippen molar-refractivity contribution in [2.24, 2.45) is 5.73 Å². The van der Waals surface area contributed by atoms with Gasteiger partial charge >= 0.3 is 0 Å². The van der Waals surface area contributed by atoms with Gasteiger partial charge in [0.05, 0.1) is 5.54 Å². The van der Waals surface area contributed by atoms with E-state index in [9.17, 15) is 4.79 Å². The Kier molecular flexibility index (Phi) is 5.69. The van der Waals surface area contributed by atoms with Gasteiger partial charge in [-0.05, 0) is 38.1 Å². The van der Waals surface area contributed by atoms with E-state index in [4.69, 9.17) is 5.73 Å². The van der Waals surface area contributed by atoms with Crippen LogP contribution < -0.4 is 5.73 Å². The van der Waals surface area contributed by atoms with Crippen LogP contribution in [0.15, 0.2) is 54.6 Å². The number of likely N-dealkylation sites (N-methyl/N-ethyl adjacent to an activating group) is 1. The fourth-order valence-corrected chi connectivity index (χ4v) is 3.03. The van der Waals surface area contributed by atoms with Gasteiger partial charge in [-0.2, -0.15) is 0 Å². The van der Waals surface area contributed by atoms with Crippen LogP contribution in [0.2, 0.25) is 0 Å². The molecule has 0 spiro atoms. The van der Waals surface area contributed by atoms with Crippen molar-refractivity contribution in [2.75, 3.05) is 14.1 Å². The summed E-state index contributed by atoms with van der Waals surface area (Å²) in [5.41, 5.74) is 8.15. The van der Waals surface area contributed by atoms with E-state index in [1.807, 2.05) is 56.6 Å². The fraction of sp³-hybridized carbons (Fsp3) is 0.350. The molecule has 0 amide bonds. The second-order valence-corrected chi connectivity index (χ2v) is 6.17. The summed E-state index contributed by atoms with van der Waals surface area (Å²) in [6.07, 6.45) is 1.45. The number of nitrogens with two attached hydrogens (primary N) is 1. The lowest BCUT2D eigenvalue weighted by Crippen LogP contribution is -2.52. The smallest absolute Gasteiger partial charge is 0.183 e. The molecule has 1 unspecified atom stereocenters. The quantitative estimate of drug-likeness (QED) is 0.798.